The number of carboxylic acid groups (broad SMARTS) is 1. The van der Waals surface area contributed by atoms with Gasteiger partial charge in [-0.3, -0.25) is 9.69 Å². The first kappa shape index (κ1) is 10.8. The van der Waals surface area contributed by atoms with Gasteiger partial charge in [-0.25, -0.2) is 0 Å². The predicted octanol–water partition coefficient (Wildman–Crippen LogP) is 1.58. The van der Waals surface area contributed by atoms with E-state index in [0.29, 0.717) is 6.54 Å². The summed E-state index contributed by atoms with van der Waals surface area (Å²) in [6, 6.07) is 1.89. The highest BCUT2D eigenvalue weighted by Crippen LogP contribution is 2.05. The molecule has 0 saturated heterocycles. The minimum atomic E-state index is -0.754. The van der Waals surface area contributed by atoms with Crippen molar-refractivity contribution >= 4 is 5.97 Å². The summed E-state index contributed by atoms with van der Waals surface area (Å²) >= 11 is 0. The molecule has 1 N–H and O–H groups in total. The summed E-state index contributed by atoms with van der Waals surface area (Å²) in [5.74, 6) is -0.754. The topological polar surface area (TPSA) is 53.7 Å². The summed E-state index contributed by atoms with van der Waals surface area (Å²) in [5, 5.41) is 8.54. The minimum Gasteiger partial charge on any atom is -0.481 e. The van der Waals surface area contributed by atoms with Crippen LogP contribution < -0.4 is 0 Å². The van der Waals surface area contributed by atoms with Crippen LogP contribution >= 0.6 is 0 Å². The van der Waals surface area contributed by atoms with Gasteiger partial charge in [0.25, 0.3) is 0 Å². The summed E-state index contributed by atoms with van der Waals surface area (Å²) in [6.07, 6.45) is 3.50. The fourth-order valence-corrected chi connectivity index (χ4v) is 1.24. The normalized spacial score (nSPS) is 10.7. The minimum absolute atomic E-state index is 0.186. The number of nitrogens with zero attached hydrogens (tertiary/aromatic N) is 1. The SMILES string of the molecule is CCN(CCC(=O)O)Cc1ccoc1. The molecule has 0 aliphatic heterocycles. The van der Waals surface area contributed by atoms with Crippen molar-refractivity contribution in [2.24, 2.45) is 0 Å². The van der Waals surface area contributed by atoms with E-state index in [4.69, 9.17) is 9.52 Å². The van der Waals surface area contributed by atoms with Crippen LogP contribution in [-0.4, -0.2) is 29.1 Å². The second-order valence-electron chi connectivity index (χ2n) is 3.14. The van der Waals surface area contributed by atoms with E-state index in [1.54, 1.807) is 12.5 Å². The lowest BCUT2D eigenvalue weighted by Gasteiger charge is -2.17. The molecule has 0 atom stereocenters. The Bertz CT molecular complexity index is 269. The molecule has 0 aromatic carbocycles. The monoisotopic (exact) mass is 197 g/mol. The first-order chi connectivity index (χ1) is 6.72. The van der Waals surface area contributed by atoms with Crippen LogP contribution in [0.2, 0.25) is 0 Å². The van der Waals surface area contributed by atoms with Crippen LogP contribution in [0.15, 0.2) is 23.0 Å². The molecular weight excluding hydrogens is 182 g/mol. The Morgan fingerprint density at radius 3 is 2.93 bits per heavy atom. The number of hydrogen-bond acceptors (Lipinski definition) is 3. The Hall–Kier alpha value is -1.29. The van der Waals surface area contributed by atoms with E-state index in [9.17, 15) is 4.79 Å². The average molecular weight is 197 g/mol. The van der Waals surface area contributed by atoms with Crippen molar-refractivity contribution in [2.75, 3.05) is 13.1 Å². The van der Waals surface area contributed by atoms with E-state index in [2.05, 4.69) is 4.90 Å². The standard InChI is InChI=1S/C10H15NO3/c1-2-11(5-3-10(12)13)7-9-4-6-14-8-9/h4,6,8H,2-3,5,7H2,1H3,(H,12,13). The molecular formula is C10H15NO3. The number of rotatable bonds is 6. The van der Waals surface area contributed by atoms with Gasteiger partial charge in [0.2, 0.25) is 0 Å². The number of hydrogen-bond donors (Lipinski definition) is 1. The van der Waals surface area contributed by atoms with Gasteiger partial charge in [0.1, 0.15) is 0 Å². The zero-order chi connectivity index (χ0) is 10.4. The van der Waals surface area contributed by atoms with Crippen LogP contribution in [0.25, 0.3) is 0 Å². The molecule has 0 spiro atoms. The van der Waals surface area contributed by atoms with Crippen molar-refractivity contribution in [1.29, 1.82) is 0 Å². The highest BCUT2D eigenvalue weighted by molar-refractivity contribution is 5.66. The Morgan fingerprint density at radius 2 is 2.43 bits per heavy atom. The lowest BCUT2D eigenvalue weighted by Crippen LogP contribution is -2.25. The first-order valence-electron chi connectivity index (χ1n) is 4.67. The largest absolute Gasteiger partial charge is 0.481 e. The predicted molar refractivity (Wildman–Crippen MR) is 51.9 cm³/mol. The Balaban J connectivity index is 2.35. The maximum Gasteiger partial charge on any atom is 0.304 e. The maximum absolute atomic E-state index is 10.4. The molecule has 4 nitrogen and oxygen atoms in total. The second-order valence-corrected chi connectivity index (χ2v) is 3.14. The van der Waals surface area contributed by atoms with Crippen molar-refractivity contribution in [3.05, 3.63) is 24.2 Å². The van der Waals surface area contributed by atoms with Crippen molar-refractivity contribution in [3.63, 3.8) is 0 Å². The van der Waals surface area contributed by atoms with Gasteiger partial charge < -0.3 is 9.52 Å². The van der Waals surface area contributed by atoms with Crippen LogP contribution in [0.4, 0.5) is 0 Å². The lowest BCUT2D eigenvalue weighted by atomic mass is 10.3. The highest BCUT2D eigenvalue weighted by atomic mass is 16.4. The fraction of sp³-hybridized carbons (Fsp3) is 0.500. The van der Waals surface area contributed by atoms with Crippen molar-refractivity contribution < 1.29 is 14.3 Å². The molecule has 0 amide bonds. The van der Waals surface area contributed by atoms with Crippen LogP contribution in [-0.2, 0) is 11.3 Å². The van der Waals surface area contributed by atoms with Gasteiger partial charge in [-0.1, -0.05) is 6.92 Å². The van der Waals surface area contributed by atoms with Gasteiger partial charge in [0, 0.05) is 18.7 Å². The van der Waals surface area contributed by atoms with Crippen molar-refractivity contribution in [2.45, 2.75) is 19.9 Å². The summed E-state index contributed by atoms with van der Waals surface area (Å²) in [4.78, 5) is 12.4. The van der Waals surface area contributed by atoms with Crippen LogP contribution in [0.5, 0.6) is 0 Å². The molecule has 1 aromatic rings. The highest BCUT2D eigenvalue weighted by Gasteiger charge is 2.06. The van der Waals surface area contributed by atoms with E-state index in [1.165, 1.54) is 0 Å². The molecule has 14 heavy (non-hydrogen) atoms. The maximum atomic E-state index is 10.4. The van der Waals surface area contributed by atoms with Gasteiger partial charge in [-0.15, -0.1) is 0 Å². The first-order valence-corrected chi connectivity index (χ1v) is 4.67. The molecule has 0 saturated carbocycles. The van der Waals surface area contributed by atoms with E-state index in [1.807, 2.05) is 13.0 Å². The Labute approximate surface area is 83.1 Å². The van der Waals surface area contributed by atoms with Crippen LogP contribution in [0.3, 0.4) is 0 Å². The van der Waals surface area contributed by atoms with Gasteiger partial charge >= 0.3 is 5.97 Å². The van der Waals surface area contributed by atoms with E-state index in [0.717, 1.165) is 18.7 Å². The number of aliphatic carboxylic acids is 1. The number of carbonyl (C=O) groups is 1. The summed E-state index contributed by atoms with van der Waals surface area (Å²) < 4.78 is 4.94. The van der Waals surface area contributed by atoms with Gasteiger partial charge in [-0.05, 0) is 12.6 Å². The van der Waals surface area contributed by atoms with Crippen molar-refractivity contribution in [1.82, 2.24) is 4.90 Å². The van der Waals surface area contributed by atoms with E-state index >= 15 is 0 Å². The van der Waals surface area contributed by atoms with Crippen LogP contribution in [0, 0.1) is 0 Å². The molecule has 1 aromatic heterocycles. The smallest absolute Gasteiger partial charge is 0.304 e. The average Bonchev–Trinajstić information content (AvgIpc) is 2.64. The van der Waals surface area contributed by atoms with E-state index < -0.39 is 5.97 Å². The zero-order valence-corrected chi connectivity index (χ0v) is 8.27. The summed E-state index contributed by atoms with van der Waals surface area (Å²) in [7, 11) is 0. The van der Waals surface area contributed by atoms with Gasteiger partial charge in [-0.2, -0.15) is 0 Å². The van der Waals surface area contributed by atoms with Gasteiger partial charge in [0.05, 0.1) is 18.9 Å². The molecule has 0 aliphatic rings. The van der Waals surface area contributed by atoms with Crippen LogP contribution in [0.1, 0.15) is 18.9 Å². The quantitative estimate of drug-likeness (QED) is 0.752. The number of carboxylic acids is 1. The zero-order valence-electron chi connectivity index (χ0n) is 8.27. The molecule has 4 heteroatoms. The molecule has 1 heterocycles. The van der Waals surface area contributed by atoms with Gasteiger partial charge in [0.15, 0.2) is 0 Å². The number of furan rings is 1. The summed E-state index contributed by atoms with van der Waals surface area (Å²) in [5.41, 5.74) is 1.08. The molecule has 0 unspecified atom stereocenters. The third kappa shape index (κ3) is 3.62. The molecule has 0 bridgehead atoms. The third-order valence-corrected chi connectivity index (χ3v) is 2.08. The fourth-order valence-electron chi connectivity index (χ4n) is 1.24. The lowest BCUT2D eigenvalue weighted by molar-refractivity contribution is -0.137. The molecule has 0 aliphatic carbocycles. The summed E-state index contributed by atoms with van der Waals surface area (Å²) in [6.45, 7) is 4.19. The second kappa shape index (κ2) is 5.44. The van der Waals surface area contributed by atoms with Crippen molar-refractivity contribution in [3.8, 4) is 0 Å². The third-order valence-electron chi connectivity index (χ3n) is 2.08. The molecule has 1 rings (SSSR count). The Kier molecular flexibility index (Phi) is 4.19. The van der Waals surface area contributed by atoms with E-state index in [-0.39, 0.29) is 6.42 Å². The molecule has 0 fully saturated rings. The molecule has 0 radical (unpaired) electrons. The Morgan fingerprint density at radius 1 is 1.64 bits per heavy atom. The molecule has 78 valence electrons.